The van der Waals surface area contributed by atoms with E-state index in [1.807, 2.05) is 42.5 Å². The van der Waals surface area contributed by atoms with Crippen molar-refractivity contribution in [1.82, 2.24) is 4.98 Å². The Labute approximate surface area is 207 Å². The number of aromatic nitrogens is 1. The zero-order valence-electron chi connectivity index (χ0n) is 19.7. The predicted molar refractivity (Wildman–Crippen MR) is 144 cm³/mol. The quantitative estimate of drug-likeness (QED) is 0.228. The van der Waals surface area contributed by atoms with Crippen molar-refractivity contribution in [2.24, 2.45) is 0 Å². The van der Waals surface area contributed by atoms with Gasteiger partial charge in [-0.15, -0.1) is 0 Å². The maximum absolute atomic E-state index is 9.85. The van der Waals surface area contributed by atoms with Crippen molar-refractivity contribution in [3.63, 3.8) is 0 Å². The third-order valence-corrected chi connectivity index (χ3v) is 19.9. The SMILES string of the molecule is N#Cc1ccc2c(oc3c(-c4cc5[c](cn4)[Ge]4([CH2]CC[CH2]4)[CH2]CC5)cccc32)c1-c1ccccc1. The summed E-state index contributed by atoms with van der Waals surface area (Å²) in [6.45, 7) is 0. The van der Waals surface area contributed by atoms with E-state index < -0.39 is 13.3 Å². The van der Waals surface area contributed by atoms with Crippen molar-refractivity contribution in [2.75, 3.05) is 0 Å². The van der Waals surface area contributed by atoms with Crippen molar-refractivity contribution in [2.45, 2.75) is 41.4 Å². The molecule has 1 spiro atoms. The molecule has 0 atom stereocenters. The average Bonchev–Trinajstić information content (AvgIpc) is 3.53. The van der Waals surface area contributed by atoms with Crippen LogP contribution in [0.1, 0.15) is 30.4 Å². The Balaban J connectivity index is 1.44. The van der Waals surface area contributed by atoms with Gasteiger partial charge in [0.1, 0.15) is 0 Å². The number of fused-ring (bicyclic) bond motifs is 5. The first kappa shape index (κ1) is 21.0. The van der Waals surface area contributed by atoms with Crippen molar-refractivity contribution in [3.8, 4) is 28.5 Å². The summed E-state index contributed by atoms with van der Waals surface area (Å²) >= 11 is -1.90. The maximum atomic E-state index is 9.85. The van der Waals surface area contributed by atoms with Gasteiger partial charge in [-0.05, 0) is 0 Å². The minimum absolute atomic E-state index is 0.629. The fraction of sp³-hybridized carbons (Fsp3) is 0.226. The van der Waals surface area contributed by atoms with Crippen molar-refractivity contribution < 1.29 is 4.42 Å². The van der Waals surface area contributed by atoms with Gasteiger partial charge >= 0.3 is 202 Å². The molecule has 0 saturated carbocycles. The summed E-state index contributed by atoms with van der Waals surface area (Å²) in [5, 5.41) is 16.5. The molecule has 0 amide bonds. The van der Waals surface area contributed by atoms with Crippen molar-refractivity contribution >= 4 is 39.6 Å². The van der Waals surface area contributed by atoms with Crippen LogP contribution in [0.15, 0.2) is 77.3 Å². The molecular formula is C31H26GeN2O. The fourth-order valence-electron chi connectivity index (χ4n) is 6.70. The Bertz CT molecular complexity index is 1640. The summed E-state index contributed by atoms with van der Waals surface area (Å²) in [6.07, 6.45) is 7.63. The molecule has 1 fully saturated rings. The number of hydrogen-bond donors (Lipinski definition) is 0. The summed E-state index contributed by atoms with van der Waals surface area (Å²) in [6, 6.07) is 25.1. The molecule has 0 radical (unpaired) electrons. The van der Waals surface area contributed by atoms with E-state index in [1.165, 1.54) is 41.4 Å². The van der Waals surface area contributed by atoms with Crippen LogP contribution in [-0.4, -0.2) is 18.3 Å². The molecule has 3 aromatic carbocycles. The van der Waals surface area contributed by atoms with E-state index in [0.717, 1.165) is 44.3 Å². The molecular weight excluding hydrogens is 489 g/mol. The van der Waals surface area contributed by atoms with Gasteiger partial charge in [0.15, 0.2) is 0 Å². The third-order valence-electron chi connectivity index (χ3n) is 8.35. The van der Waals surface area contributed by atoms with Crippen LogP contribution in [0.3, 0.4) is 0 Å². The van der Waals surface area contributed by atoms with E-state index in [9.17, 15) is 5.26 Å². The number of pyridine rings is 1. The average molecular weight is 515 g/mol. The second kappa shape index (κ2) is 8.10. The molecule has 0 unspecified atom stereocenters. The Morgan fingerprint density at radius 1 is 0.829 bits per heavy atom. The van der Waals surface area contributed by atoms with Crippen LogP contribution in [0.25, 0.3) is 44.3 Å². The van der Waals surface area contributed by atoms with E-state index in [4.69, 9.17) is 9.40 Å². The summed E-state index contributed by atoms with van der Waals surface area (Å²) in [5.41, 5.74) is 7.71. The van der Waals surface area contributed by atoms with Crippen LogP contribution in [-0.2, 0) is 6.42 Å². The van der Waals surface area contributed by atoms with Gasteiger partial charge in [-0.1, -0.05) is 6.07 Å². The molecule has 7 rings (SSSR count). The molecule has 0 aliphatic carbocycles. The van der Waals surface area contributed by atoms with E-state index in [0.29, 0.717) is 5.56 Å². The number of hydrogen-bond acceptors (Lipinski definition) is 3. The van der Waals surface area contributed by atoms with Crippen LogP contribution in [0.4, 0.5) is 0 Å². The van der Waals surface area contributed by atoms with Crippen LogP contribution in [0, 0.1) is 11.3 Å². The first-order valence-electron chi connectivity index (χ1n) is 12.7. The standard InChI is InChI=1S/C31H26GeN2O/c33-19-23-13-14-25-24-11-6-12-26(30(24)35-31(25)29(23)21-8-2-1-3-9-21)28-18-22-10-7-17-32(15-4-5-16-32)27(22)20-34-28/h1-3,6,8-9,11-14,18,20H,4-5,7,10,15-17H2. The molecule has 170 valence electrons. The monoisotopic (exact) mass is 516 g/mol. The molecule has 0 bridgehead atoms. The van der Waals surface area contributed by atoms with Gasteiger partial charge in [0.25, 0.3) is 0 Å². The number of benzene rings is 3. The number of furan rings is 1. The molecule has 35 heavy (non-hydrogen) atoms. The van der Waals surface area contributed by atoms with Crippen LogP contribution in [0.2, 0.25) is 15.8 Å². The number of aryl methyl sites for hydroxylation is 1. The van der Waals surface area contributed by atoms with Crippen molar-refractivity contribution in [3.05, 3.63) is 84.1 Å². The predicted octanol–water partition coefficient (Wildman–Crippen LogP) is 7.58. The van der Waals surface area contributed by atoms with E-state index >= 15 is 0 Å². The number of para-hydroxylation sites is 1. The normalized spacial score (nSPS) is 16.5. The van der Waals surface area contributed by atoms with Crippen LogP contribution in [0.5, 0.6) is 0 Å². The fourth-order valence-corrected chi connectivity index (χ4v) is 18.2. The molecule has 2 aliphatic heterocycles. The Morgan fingerprint density at radius 2 is 1.63 bits per heavy atom. The Morgan fingerprint density at radius 3 is 2.46 bits per heavy atom. The number of rotatable bonds is 2. The molecule has 4 heteroatoms. The Kier molecular flexibility index (Phi) is 4.85. The van der Waals surface area contributed by atoms with Crippen LogP contribution < -0.4 is 4.40 Å². The second-order valence-corrected chi connectivity index (χ2v) is 19.8. The Hall–Kier alpha value is -3.36. The molecule has 1 saturated heterocycles. The van der Waals surface area contributed by atoms with Gasteiger partial charge in [-0.3, -0.25) is 0 Å². The topological polar surface area (TPSA) is 49.8 Å². The zero-order valence-corrected chi connectivity index (χ0v) is 21.8. The van der Waals surface area contributed by atoms with Gasteiger partial charge < -0.3 is 0 Å². The first-order chi connectivity index (χ1) is 17.3. The van der Waals surface area contributed by atoms with E-state index in [-0.39, 0.29) is 0 Å². The van der Waals surface area contributed by atoms with Gasteiger partial charge in [0.2, 0.25) is 0 Å². The third kappa shape index (κ3) is 3.20. The van der Waals surface area contributed by atoms with Gasteiger partial charge in [-0.2, -0.15) is 0 Å². The number of nitrogens with zero attached hydrogens (tertiary/aromatic N) is 2. The minimum atomic E-state index is -1.90. The number of nitriles is 1. The molecule has 2 aromatic heterocycles. The van der Waals surface area contributed by atoms with Gasteiger partial charge in [0.05, 0.1) is 0 Å². The summed E-state index contributed by atoms with van der Waals surface area (Å²) in [4.78, 5) is 5.05. The first-order valence-corrected chi connectivity index (χ1v) is 18.2. The molecule has 3 nitrogen and oxygen atoms in total. The summed E-state index contributed by atoms with van der Waals surface area (Å²) in [7, 11) is 0. The van der Waals surface area contributed by atoms with Crippen LogP contribution >= 0.6 is 0 Å². The van der Waals surface area contributed by atoms with E-state index in [2.05, 4.69) is 36.5 Å². The molecule has 2 aliphatic rings. The van der Waals surface area contributed by atoms with Crippen molar-refractivity contribution in [1.29, 1.82) is 5.26 Å². The molecule has 5 aromatic rings. The van der Waals surface area contributed by atoms with E-state index in [1.54, 1.807) is 9.96 Å². The molecule has 0 N–H and O–H groups in total. The second-order valence-electron chi connectivity index (χ2n) is 10.2. The summed E-state index contributed by atoms with van der Waals surface area (Å²) < 4.78 is 8.30. The zero-order chi connectivity index (χ0) is 23.4. The van der Waals surface area contributed by atoms with Gasteiger partial charge in [-0.25, -0.2) is 0 Å². The van der Waals surface area contributed by atoms with Gasteiger partial charge in [0, 0.05) is 0 Å². The molecule has 4 heterocycles. The summed E-state index contributed by atoms with van der Waals surface area (Å²) in [5.74, 6) is 0.